The largest absolute Gasteiger partial charge is 0.477 e. The van der Waals surface area contributed by atoms with E-state index in [2.05, 4.69) is 18.2 Å². The van der Waals surface area contributed by atoms with Crippen LogP contribution in [0.3, 0.4) is 0 Å². The molecule has 0 aromatic heterocycles. The van der Waals surface area contributed by atoms with E-state index in [1.807, 2.05) is 0 Å². The maximum absolute atomic E-state index is 12.9. The fourth-order valence-corrected chi connectivity index (χ4v) is 1.39. The number of alkyl halides is 2. The van der Waals surface area contributed by atoms with Gasteiger partial charge in [-0.2, -0.15) is 8.78 Å². The monoisotopic (exact) mass is 278 g/mol. The number of halogens is 2. The summed E-state index contributed by atoms with van der Waals surface area (Å²) in [5.41, 5.74) is -1.34. The summed E-state index contributed by atoms with van der Waals surface area (Å²) in [4.78, 5) is 21.4. The van der Waals surface area contributed by atoms with Crippen LogP contribution in [0.15, 0.2) is 12.2 Å². The number of carboxylic acid groups (broad SMARTS) is 1. The van der Waals surface area contributed by atoms with Crippen molar-refractivity contribution in [1.29, 1.82) is 0 Å². The van der Waals surface area contributed by atoms with Gasteiger partial charge in [0.2, 0.25) is 0 Å². The summed E-state index contributed by atoms with van der Waals surface area (Å²) in [6, 6.07) is 0. The molecular formula is C13H20F2O4. The Hall–Kier alpha value is -1.46. The van der Waals surface area contributed by atoms with Crippen molar-refractivity contribution in [1.82, 2.24) is 0 Å². The van der Waals surface area contributed by atoms with Crippen molar-refractivity contribution in [3.63, 3.8) is 0 Å². The van der Waals surface area contributed by atoms with Gasteiger partial charge in [-0.1, -0.05) is 45.6 Å². The number of unbranched alkanes of at least 4 members (excludes halogenated alkanes) is 5. The van der Waals surface area contributed by atoms with Gasteiger partial charge in [0.25, 0.3) is 0 Å². The topological polar surface area (TPSA) is 63.6 Å². The Labute approximate surface area is 111 Å². The third-order valence-electron chi connectivity index (χ3n) is 2.63. The van der Waals surface area contributed by atoms with Crippen molar-refractivity contribution in [2.75, 3.05) is 6.61 Å². The van der Waals surface area contributed by atoms with Crippen LogP contribution >= 0.6 is 0 Å². The van der Waals surface area contributed by atoms with Gasteiger partial charge in [0.15, 0.2) is 0 Å². The molecule has 0 atom stereocenters. The Bertz CT molecular complexity index is 327. The molecular weight excluding hydrogens is 258 g/mol. The van der Waals surface area contributed by atoms with Crippen LogP contribution in [0, 0.1) is 0 Å². The van der Waals surface area contributed by atoms with Crippen LogP contribution in [0.2, 0.25) is 0 Å². The molecule has 0 unspecified atom stereocenters. The molecule has 0 aliphatic carbocycles. The van der Waals surface area contributed by atoms with Gasteiger partial charge in [0.05, 0.1) is 6.61 Å². The van der Waals surface area contributed by atoms with Crippen molar-refractivity contribution in [3.05, 3.63) is 12.2 Å². The molecule has 0 saturated heterocycles. The van der Waals surface area contributed by atoms with E-state index in [4.69, 9.17) is 5.11 Å². The lowest BCUT2D eigenvalue weighted by atomic mass is 10.1. The van der Waals surface area contributed by atoms with E-state index in [9.17, 15) is 18.4 Å². The highest BCUT2D eigenvalue weighted by Gasteiger charge is 2.46. The quantitative estimate of drug-likeness (QED) is 0.379. The molecule has 6 heteroatoms. The molecule has 0 fully saturated rings. The number of carbonyl (C=O) groups excluding carboxylic acids is 1. The number of carboxylic acids is 1. The lowest BCUT2D eigenvalue weighted by molar-refractivity contribution is -0.163. The normalized spacial score (nSPS) is 11.1. The minimum absolute atomic E-state index is 0.000320. The Morgan fingerprint density at radius 1 is 1.16 bits per heavy atom. The van der Waals surface area contributed by atoms with Gasteiger partial charge in [-0.3, -0.25) is 0 Å². The molecule has 110 valence electrons. The average Bonchev–Trinajstić information content (AvgIpc) is 2.36. The van der Waals surface area contributed by atoms with Crippen molar-refractivity contribution < 1.29 is 28.2 Å². The summed E-state index contributed by atoms with van der Waals surface area (Å²) in [5.74, 6) is -8.05. The van der Waals surface area contributed by atoms with E-state index in [1.165, 1.54) is 0 Å². The smallest absolute Gasteiger partial charge is 0.379 e. The van der Waals surface area contributed by atoms with Gasteiger partial charge < -0.3 is 9.84 Å². The van der Waals surface area contributed by atoms with Gasteiger partial charge in [-0.25, -0.2) is 9.59 Å². The van der Waals surface area contributed by atoms with E-state index in [-0.39, 0.29) is 6.61 Å². The van der Waals surface area contributed by atoms with E-state index in [1.54, 1.807) is 0 Å². The predicted molar refractivity (Wildman–Crippen MR) is 66.1 cm³/mol. The van der Waals surface area contributed by atoms with Crippen molar-refractivity contribution in [2.45, 2.75) is 51.4 Å². The molecule has 0 amide bonds. The SMILES string of the molecule is C=C(C(=O)OCCCCCCCC)C(F)(F)C(=O)O. The average molecular weight is 278 g/mol. The molecule has 0 saturated carbocycles. The summed E-state index contributed by atoms with van der Waals surface area (Å²) in [7, 11) is 0. The number of carbonyl (C=O) groups is 2. The first-order valence-electron chi connectivity index (χ1n) is 6.31. The van der Waals surface area contributed by atoms with Gasteiger partial charge in [0.1, 0.15) is 5.57 Å². The Kier molecular flexibility index (Phi) is 7.95. The summed E-state index contributed by atoms with van der Waals surface area (Å²) >= 11 is 0. The predicted octanol–water partition coefficient (Wildman–Crippen LogP) is 3.17. The summed E-state index contributed by atoms with van der Waals surface area (Å²) < 4.78 is 30.4. The molecule has 0 aromatic carbocycles. The Morgan fingerprint density at radius 3 is 2.21 bits per heavy atom. The highest BCUT2D eigenvalue weighted by molar-refractivity contribution is 5.97. The fourth-order valence-electron chi connectivity index (χ4n) is 1.39. The molecule has 0 spiro atoms. The Balaban J connectivity index is 3.87. The molecule has 0 rings (SSSR count). The second-order valence-corrected chi connectivity index (χ2v) is 4.26. The molecule has 0 aromatic rings. The standard InChI is InChI=1S/C13H20F2O4/c1-3-4-5-6-7-8-9-19-11(16)10(2)13(14,15)12(17)18/h2-9H2,1H3,(H,17,18). The zero-order valence-corrected chi connectivity index (χ0v) is 11.1. The maximum Gasteiger partial charge on any atom is 0.379 e. The Morgan fingerprint density at radius 2 is 1.68 bits per heavy atom. The van der Waals surface area contributed by atoms with Crippen molar-refractivity contribution >= 4 is 11.9 Å². The molecule has 0 aliphatic heterocycles. The highest BCUT2D eigenvalue weighted by atomic mass is 19.3. The van der Waals surface area contributed by atoms with E-state index >= 15 is 0 Å². The second-order valence-electron chi connectivity index (χ2n) is 4.26. The lowest BCUT2D eigenvalue weighted by Gasteiger charge is -2.13. The van der Waals surface area contributed by atoms with Gasteiger partial charge in [-0.15, -0.1) is 0 Å². The number of hydrogen-bond acceptors (Lipinski definition) is 3. The van der Waals surface area contributed by atoms with Gasteiger partial charge in [-0.05, 0) is 6.42 Å². The first-order valence-corrected chi connectivity index (χ1v) is 6.31. The molecule has 0 radical (unpaired) electrons. The summed E-state index contributed by atoms with van der Waals surface area (Å²) in [5, 5.41) is 8.23. The fraction of sp³-hybridized carbons (Fsp3) is 0.692. The zero-order valence-electron chi connectivity index (χ0n) is 11.1. The van der Waals surface area contributed by atoms with Crippen LogP contribution in [0.4, 0.5) is 8.78 Å². The number of aliphatic carboxylic acids is 1. The summed E-state index contributed by atoms with van der Waals surface area (Å²) in [6.07, 6.45) is 5.77. The number of esters is 1. The third kappa shape index (κ3) is 6.31. The molecule has 1 N–H and O–H groups in total. The van der Waals surface area contributed by atoms with Crippen LogP contribution < -0.4 is 0 Å². The number of hydrogen-bond donors (Lipinski definition) is 1. The highest BCUT2D eigenvalue weighted by Crippen LogP contribution is 2.24. The lowest BCUT2D eigenvalue weighted by Crippen LogP contribution is -2.34. The van der Waals surface area contributed by atoms with Gasteiger partial charge >= 0.3 is 17.9 Å². The number of rotatable bonds is 10. The second kappa shape index (κ2) is 8.61. The third-order valence-corrected chi connectivity index (χ3v) is 2.63. The van der Waals surface area contributed by atoms with Crippen molar-refractivity contribution in [3.8, 4) is 0 Å². The minimum Gasteiger partial charge on any atom is -0.477 e. The van der Waals surface area contributed by atoms with E-state index < -0.39 is 23.4 Å². The van der Waals surface area contributed by atoms with Crippen molar-refractivity contribution in [2.24, 2.45) is 0 Å². The summed E-state index contributed by atoms with van der Waals surface area (Å²) in [6.45, 7) is 4.87. The minimum atomic E-state index is -4.28. The van der Waals surface area contributed by atoms with Crippen LogP contribution in [0.25, 0.3) is 0 Å². The van der Waals surface area contributed by atoms with Crippen LogP contribution in [0.1, 0.15) is 45.4 Å². The molecule has 4 nitrogen and oxygen atoms in total. The molecule has 19 heavy (non-hydrogen) atoms. The molecule has 0 heterocycles. The molecule has 0 aliphatic rings. The van der Waals surface area contributed by atoms with Crippen LogP contribution in [0.5, 0.6) is 0 Å². The maximum atomic E-state index is 12.9. The van der Waals surface area contributed by atoms with Crippen LogP contribution in [-0.2, 0) is 14.3 Å². The zero-order chi connectivity index (χ0) is 14.9. The van der Waals surface area contributed by atoms with Gasteiger partial charge in [0, 0.05) is 0 Å². The number of ether oxygens (including phenoxy) is 1. The molecule has 0 bridgehead atoms. The van der Waals surface area contributed by atoms with E-state index in [0.717, 1.165) is 32.1 Å². The first-order chi connectivity index (χ1) is 8.84. The van der Waals surface area contributed by atoms with Crippen LogP contribution in [-0.4, -0.2) is 29.6 Å². The first kappa shape index (κ1) is 17.5. The van der Waals surface area contributed by atoms with E-state index in [0.29, 0.717) is 6.42 Å².